The lowest BCUT2D eigenvalue weighted by Gasteiger charge is -2.11. The average Bonchev–Trinajstić information content (AvgIpc) is 2.68. The summed E-state index contributed by atoms with van der Waals surface area (Å²) in [4.78, 5) is 33.3. The number of pyridine rings is 1. The molecule has 0 aliphatic rings. The summed E-state index contributed by atoms with van der Waals surface area (Å²) in [6, 6.07) is 3.63. The van der Waals surface area contributed by atoms with E-state index in [0.717, 1.165) is 23.2 Å². The van der Waals surface area contributed by atoms with Gasteiger partial charge in [0.15, 0.2) is 17.0 Å². The Kier molecular flexibility index (Phi) is 5.44. The Morgan fingerprint density at radius 3 is 2.77 bits per heavy atom. The molecule has 0 bridgehead atoms. The quantitative estimate of drug-likeness (QED) is 0.498. The van der Waals surface area contributed by atoms with Crippen LogP contribution in [-0.2, 0) is 20.1 Å². The zero-order valence-corrected chi connectivity index (χ0v) is 14.6. The minimum atomic E-state index is -0.487. The summed E-state index contributed by atoms with van der Waals surface area (Å²) in [5, 5.41) is 14.3. The number of nitrogens with zero attached hydrogens (tertiary/aromatic N) is 6. The lowest BCUT2D eigenvalue weighted by atomic mass is 10.3. The average molecular weight is 356 g/mol. The van der Waals surface area contributed by atoms with Crippen LogP contribution in [0.2, 0.25) is 0 Å². The van der Waals surface area contributed by atoms with Crippen LogP contribution in [0.3, 0.4) is 0 Å². The number of nitrogens with one attached hydrogen (secondary N) is 2. The molecule has 136 valence electrons. The zero-order chi connectivity index (χ0) is 18.5. The highest BCUT2D eigenvalue weighted by Crippen LogP contribution is 2.05. The fourth-order valence-electron chi connectivity index (χ4n) is 2.50. The normalized spacial score (nSPS) is 11.2. The molecule has 0 saturated heterocycles. The molecular formula is C16H20N8O2. The van der Waals surface area contributed by atoms with Gasteiger partial charge in [0.2, 0.25) is 0 Å². The maximum Gasteiger partial charge on any atom is 0.332 e. The number of aromatic nitrogens is 6. The van der Waals surface area contributed by atoms with Crippen molar-refractivity contribution in [2.75, 3.05) is 20.1 Å². The summed E-state index contributed by atoms with van der Waals surface area (Å²) < 4.78 is 2.41. The van der Waals surface area contributed by atoms with Gasteiger partial charge < -0.3 is 10.6 Å². The van der Waals surface area contributed by atoms with E-state index < -0.39 is 11.2 Å². The molecule has 2 N–H and O–H groups in total. The van der Waals surface area contributed by atoms with Gasteiger partial charge in [-0.1, -0.05) is 6.07 Å². The predicted molar refractivity (Wildman–Crippen MR) is 95.8 cm³/mol. The molecule has 26 heavy (non-hydrogen) atoms. The fraction of sp³-hybridized carbons (Fsp3) is 0.375. The first kappa shape index (κ1) is 17.8. The number of hydrogen-bond donors (Lipinski definition) is 2. The van der Waals surface area contributed by atoms with Crippen molar-refractivity contribution in [2.24, 2.45) is 7.05 Å². The van der Waals surface area contributed by atoms with Gasteiger partial charge in [0.1, 0.15) is 0 Å². The van der Waals surface area contributed by atoms with Crippen LogP contribution in [0.4, 0.5) is 0 Å². The number of hydrogen-bond acceptors (Lipinski definition) is 8. The van der Waals surface area contributed by atoms with Gasteiger partial charge in [0.05, 0.1) is 13.1 Å². The van der Waals surface area contributed by atoms with Gasteiger partial charge in [-0.2, -0.15) is 0 Å². The van der Waals surface area contributed by atoms with Gasteiger partial charge in [0.25, 0.3) is 5.56 Å². The van der Waals surface area contributed by atoms with Crippen LogP contribution in [0, 0.1) is 0 Å². The molecule has 0 saturated carbocycles. The Hall–Kier alpha value is -2.98. The Morgan fingerprint density at radius 1 is 1.19 bits per heavy atom. The monoisotopic (exact) mass is 356 g/mol. The lowest BCUT2D eigenvalue weighted by Crippen LogP contribution is -2.39. The number of likely N-dealkylation sites (N-methyl/N-ethyl adjacent to an activating group) is 1. The highest BCUT2D eigenvalue weighted by molar-refractivity contribution is 5.68. The van der Waals surface area contributed by atoms with E-state index in [2.05, 4.69) is 30.8 Å². The van der Waals surface area contributed by atoms with Crippen LogP contribution in [0.15, 0.2) is 34.1 Å². The second-order valence-corrected chi connectivity index (χ2v) is 5.77. The minimum Gasteiger partial charge on any atom is -0.318 e. The van der Waals surface area contributed by atoms with E-state index in [4.69, 9.17) is 0 Å². The molecule has 10 heteroatoms. The van der Waals surface area contributed by atoms with E-state index >= 15 is 0 Å². The molecular weight excluding hydrogens is 336 g/mol. The molecule has 0 unspecified atom stereocenters. The van der Waals surface area contributed by atoms with Crippen LogP contribution < -0.4 is 21.9 Å². The fourth-order valence-corrected chi connectivity index (χ4v) is 2.50. The van der Waals surface area contributed by atoms with E-state index in [1.807, 2.05) is 13.1 Å². The van der Waals surface area contributed by atoms with Crippen molar-refractivity contribution in [1.29, 1.82) is 0 Å². The molecule has 3 rings (SSSR count). The Labute approximate surface area is 148 Å². The SMILES string of the molecule is CNCCNCc1nnc2c(n1)c(=O)n(C)c(=O)n2Cc1cccnc1. The first-order valence-corrected chi connectivity index (χ1v) is 8.19. The maximum absolute atomic E-state index is 12.5. The van der Waals surface area contributed by atoms with Crippen LogP contribution in [0.25, 0.3) is 11.2 Å². The van der Waals surface area contributed by atoms with Crippen LogP contribution >= 0.6 is 0 Å². The largest absolute Gasteiger partial charge is 0.332 e. The molecule has 0 radical (unpaired) electrons. The van der Waals surface area contributed by atoms with E-state index in [1.165, 1.54) is 11.6 Å². The van der Waals surface area contributed by atoms with Gasteiger partial charge in [-0.15, -0.1) is 10.2 Å². The predicted octanol–water partition coefficient (Wildman–Crippen LogP) is -1.36. The first-order valence-electron chi connectivity index (χ1n) is 8.19. The summed E-state index contributed by atoms with van der Waals surface area (Å²) in [6.45, 7) is 2.15. The third kappa shape index (κ3) is 3.65. The summed E-state index contributed by atoms with van der Waals surface area (Å²) in [5.41, 5.74) is 0.146. The smallest absolute Gasteiger partial charge is 0.318 e. The van der Waals surface area contributed by atoms with Crippen molar-refractivity contribution < 1.29 is 0 Å². The molecule has 10 nitrogen and oxygen atoms in total. The molecule has 0 aromatic carbocycles. The second kappa shape index (κ2) is 7.93. The second-order valence-electron chi connectivity index (χ2n) is 5.77. The molecule has 3 heterocycles. The first-order chi connectivity index (χ1) is 12.6. The number of fused-ring (bicyclic) bond motifs is 1. The highest BCUT2D eigenvalue weighted by atomic mass is 16.2. The van der Waals surface area contributed by atoms with Gasteiger partial charge in [-0.25, -0.2) is 9.78 Å². The third-order valence-electron chi connectivity index (χ3n) is 3.89. The molecule has 3 aromatic rings. The van der Waals surface area contributed by atoms with E-state index in [9.17, 15) is 9.59 Å². The molecule has 0 atom stereocenters. The standard InChI is InChI=1S/C16H20N8O2/c1-17-6-7-19-9-12-20-13-14(22-21-12)24(16(26)23(2)15(13)25)10-11-4-3-5-18-8-11/h3-5,8,17,19H,6-7,9-10H2,1-2H3. The summed E-state index contributed by atoms with van der Waals surface area (Å²) in [5.74, 6) is 0.400. The Bertz CT molecular complexity index is 1010. The molecule has 0 aliphatic carbocycles. The lowest BCUT2D eigenvalue weighted by molar-refractivity contribution is 0.618. The Balaban J connectivity index is 2.02. The molecule has 0 aliphatic heterocycles. The molecule has 0 fully saturated rings. The van der Waals surface area contributed by atoms with Crippen molar-refractivity contribution in [2.45, 2.75) is 13.1 Å². The maximum atomic E-state index is 12.5. The number of rotatable bonds is 7. The highest BCUT2D eigenvalue weighted by Gasteiger charge is 2.15. The topological polar surface area (TPSA) is 120 Å². The van der Waals surface area contributed by atoms with E-state index in [1.54, 1.807) is 18.5 Å². The zero-order valence-electron chi connectivity index (χ0n) is 14.6. The minimum absolute atomic E-state index is 0.122. The van der Waals surface area contributed by atoms with Gasteiger partial charge >= 0.3 is 5.69 Å². The van der Waals surface area contributed by atoms with Crippen molar-refractivity contribution in [3.63, 3.8) is 0 Å². The van der Waals surface area contributed by atoms with Crippen molar-refractivity contribution in [3.8, 4) is 0 Å². The van der Waals surface area contributed by atoms with Gasteiger partial charge in [-0.3, -0.25) is 18.9 Å². The van der Waals surface area contributed by atoms with Crippen molar-refractivity contribution in [1.82, 2.24) is 39.9 Å². The molecule has 0 amide bonds. The molecule has 3 aromatic heterocycles. The summed E-state index contributed by atoms with van der Waals surface area (Å²) in [7, 11) is 3.29. The van der Waals surface area contributed by atoms with Gasteiger partial charge in [-0.05, 0) is 18.7 Å². The third-order valence-corrected chi connectivity index (χ3v) is 3.89. The Morgan fingerprint density at radius 2 is 2.04 bits per heavy atom. The summed E-state index contributed by atoms with van der Waals surface area (Å²) >= 11 is 0. The molecule has 0 spiro atoms. The van der Waals surface area contributed by atoms with E-state index in [-0.39, 0.29) is 17.7 Å². The van der Waals surface area contributed by atoms with Crippen molar-refractivity contribution in [3.05, 3.63) is 56.8 Å². The van der Waals surface area contributed by atoms with Crippen molar-refractivity contribution >= 4 is 11.2 Å². The van der Waals surface area contributed by atoms with Crippen LogP contribution in [0.1, 0.15) is 11.4 Å². The summed E-state index contributed by atoms with van der Waals surface area (Å²) in [6.07, 6.45) is 3.31. The van der Waals surface area contributed by atoms with E-state index in [0.29, 0.717) is 12.4 Å². The van der Waals surface area contributed by atoms with Gasteiger partial charge in [0, 0.05) is 32.5 Å². The van der Waals surface area contributed by atoms with Crippen LogP contribution in [-0.4, -0.2) is 49.4 Å². The van der Waals surface area contributed by atoms with Crippen LogP contribution in [0.5, 0.6) is 0 Å².